The Hall–Kier alpha value is -1.96. The Labute approximate surface area is 142 Å². The molecule has 0 aromatic carbocycles. The van der Waals surface area contributed by atoms with E-state index in [-0.39, 0.29) is 11.7 Å². The summed E-state index contributed by atoms with van der Waals surface area (Å²) in [5, 5.41) is 9.05. The van der Waals surface area contributed by atoms with Gasteiger partial charge in [0.05, 0.1) is 5.70 Å². The molecule has 1 fully saturated rings. The van der Waals surface area contributed by atoms with Crippen LogP contribution < -0.4 is 0 Å². The van der Waals surface area contributed by atoms with Crippen molar-refractivity contribution >= 4 is 34.9 Å². The molecule has 2 aliphatic rings. The van der Waals surface area contributed by atoms with E-state index in [0.717, 1.165) is 0 Å². The Morgan fingerprint density at radius 3 is 2.17 bits per heavy atom. The van der Waals surface area contributed by atoms with Crippen LogP contribution in [0.4, 0.5) is 0 Å². The average molecular weight is 336 g/mol. The van der Waals surface area contributed by atoms with Crippen molar-refractivity contribution in [2.75, 3.05) is 41.3 Å². The average Bonchev–Trinajstić information content (AvgIpc) is 2.89. The molecule has 2 rings (SSSR count). The highest BCUT2D eigenvalue weighted by Crippen LogP contribution is 2.37. The van der Waals surface area contributed by atoms with E-state index in [4.69, 9.17) is 17.6 Å². The molecule has 0 saturated carbocycles. The van der Waals surface area contributed by atoms with Crippen LogP contribution in [0.1, 0.15) is 13.8 Å². The van der Waals surface area contributed by atoms with Gasteiger partial charge in [-0.15, -0.1) is 0 Å². The van der Waals surface area contributed by atoms with Crippen molar-refractivity contribution in [3.8, 4) is 0 Å². The van der Waals surface area contributed by atoms with Crippen LogP contribution >= 0.6 is 12.2 Å². The van der Waals surface area contributed by atoms with Crippen molar-refractivity contribution in [3.05, 3.63) is 11.8 Å². The zero-order chi connectivity index (χ0) is 17.5. The first-order valence-corrected chi connectivity index (χ1v) is 8.02. The maximum absolute atomic E-state index is 13.2. The van der Waals surface area contributed by atoms with E-state index in [2.05, 4.69) is 4.99 Å². The smallest absolute Gasteiger partial charge is 0.270 e. The maximum Gasteiger partial charge on any atom is 0.270 e. The number of carbonyl (C=O) groups excluding carboxylic acids is 1. The normalized spacial score (nSPS) is 24.3. The second-order valence-electron chi connectivity index (χ2n) is 5.92. The predicted octanol–water partition coefficient (Wildman–Crippen LogP) is 0.591. The Morgan fingerprint density at radius 2 is 1.74 bits per heavy atom. The number of thiocarbonyl (C=S) groups is 1. The molecule has 126 valence electrons. The van der Waals surface area contributed by atoms with Gasteiger partial charge in [0.1, 0.15) is 11.7 Å². The van der Waals surface area contributed by atoms with Crippen LogP contribution in [-0.4, -0.2) is 89.1 Å². The van der Waals surface area contributed by atoms with Gasteiger partial charge in [-0.25, -0.2) is 4.99 Å². The molecule has 1 amide bonds. The van der Waals surface area contributed by atoms with E-state index in [9.17, 15) is 4.79 Å². The van der Waals surface area contributed by atoms with E-state index < -0.39 is 5.54 Å². The molecule has 1 saturated heterocycles. The standard InChI is InChI=1S/C15H24N6OS/c1-7-20-12(16)15(13(22)21(8-2)14(20)23)10(18(3)4)9-11(17-15)19(5)6/h9,16H,7-8H2,1-6H3. The summed E-state index contributed by atoms with van der Waals surface area (Å²) in [5.74, 6) is 0.541. The van der Waals surface area contributed by atoms with Crippen molar-refractivity contribution in [1.29, 1.82) is 5.41 Å². The molecule has 1 spiro atoms. The van der Waals surface area contributed by atoms with Crippen LogP contribution in [0.25, 0.3) is 0 Å². The Kier molecular flexibility index (Phi) is 4.48. The van der Waals surface area contributed by atoms with E-state index in [1.54, 1.807) is 4.90 Å². The summed E-state index contributed by atoms with van der Waals surface area (Å²) in [7, 11) is 7.47. The van der Waals surface area contributed by atoms with Crippen molar-refractivity contribution < 1.29 is 4.79 Å². The molecule has 0 aliphatic carbocycles. The highest BCUT2D eigenvalue weighted by molar-refractivity contribution is 7.80. The molecule has 0 radical (unpaired) electrons. The van der Waals surface area contributed by atoms with Gasteiger partial charge in [0.25, 0.3) is 5.91 Å². The van der Waals surface area contributed by atoms with E-state index >= 15 is 0 Å². The van der Waals surface area contributed by atoms with Gasteiger partial charge in [-0.3, -0.25) is 15.1 Å². The van der Waals surface area contributed by atoms with Crippen LogP contribution in [0, 0.1) is 5.41 Å². The number of likely N-dealkylation sites (N-methyl/N-ethyl adjacent to an activating group) is 4. The number of rotatable bonds is 3. The SMILES string of the molecule is CCN1C(=N)C2(N=C(N(C)C)C=C2N(C)C)C(=O)N(CC)C1=S. The highest BCUT2D eigenvalue weighted by Gasteiger charge is 2.58. The summed E-state index contributed by atoms with van der Waals surface area (Å²) < 4.78 is 0. The van der Waals surface area contributed by atoms with E-state index in [1.807, 2.05) is 57.9 Å². The topological polar surface area (TPSA) is 66.2 Å². The van der Waals surface area contributed by atoms with Gasteiger partial charge in [0.15, 0.2) is 5.11 Å². The number of nitrogens with zero attached hydrogens (tertiary/aromatic N) is 5. The minimum Gasteiger partial charge on any atom is -0.378 e. The molecule has 1 atom stereocenters. The first-order valence-electron chi connectivity index (χ1n) is 7.61. The molecule has 0 bridgehead atoms. The van der Waals surface area contributed by atoms with Gasteiger partial charge in [-0.1, -0.05) is 0 Å². The molecule has 2 aliphatic heterocycles. The molecule has 8 heteroatoms. The van der Waals surface area contributed by atoms with Gasteiger partial charge in [-0.05, 0) is 26.1 Å². The van der Waals surface area contributed by atoms with Crippen molar-refractivity contribution in [3.63, 3.8) is 0 Å². The zero-order valence-corrected chi connectivity index (χ0v) is 15.4. The first-order chi connectivity index (χ1) is 10.7. The Balaban J connectivity index is 2.69. The lowest BCUT2D eigenvalue weighted by atomic mass is 9.90. The number of nitrogens with one attached hydrogen (secondary N) is 1. The summed E-state index contributed by atoms with van der Waals surface area (Å²) in [5.41, 5.74) is -0.659. The summed E-state index contributed by atoms with van der Waals surface area (Å²) in [4.78, 5) is 24.8. The summed E-state index contributed by atoms with van der Waals surface area (Å²) in [6.45, 7) is 4.78. The van der Waals surface area contributed by atoms with Crippen LogP contribution in [0.15, 0.2) is 16.8 Å². The number of hydrogen-bond acceptors (Lipinski definition) is 6. The van der Waals surface area contributed by atoms with Crippen LogP contribution in [-0.2, 0) is 4.79 Å². The molecule has 1 unspecified atom stereocenters. The second kappa shape index (κ2) is 5.92. The molecular formula is C15H24N6OS. The van der Waals surface area contributed by atoms with Gasteiger partial charge in [0.2, 0.25) is 5.54 Å². The molecule has 1 N–H and O–H groups in total. The summed E-state index contributed by atoms with van der Waals surface area (Å²) in [6.07, 6.45) is 1.86. The van der Waals surface area contributed by atoms with Crippen molar-refractivity contribution in [1.82, 2.24) is 19.6 Å². The monoisotopic (exact) mass is 336 g/mol. The number of amides is 1. The van der Waals surface area contributed by atoms with E-state index in [1.165, 1.54) is 4.90 Å². The fourth-order valence-corrected chi connectivity index (χ4v) is 3.33. The molecule has 23 heavy (non-hydrogen) atoms. The number of aliphatic imine (C=N–C) groups is 1. The molecule has 0 aromatic heterocycles. The minimum absolute atomic E-state index is 0.122. The number of amidine groups is 2. The lowest BCUT2D eigenvalue weighted by Gasteiger charge is -2.46. The number of hydrogen-bond donors (Lipinski definition) is 1. The fraction of sp³-hybridized carbons (Fsp3) is 0.600. The van der Waals surface area contributed by atoms with Gasteiger partial charge < -0.3 is 14.7 Å². The Bertz CT molecular complexity index is 595. The number of carbonyl (C=O) groups is 1. The quantitative estimate of drug-likeness (QED) is 0.764. The van der Waals surface area contributed by atoms with Gasteiger partial charge in [0, 0.05) is 47.4 Å². The lowest BCUT2D eigenvalue weighted by Crippen LogP contribution is -2.68. The molecular weight excluding hydrogens is 312 g/mol. The summed E-state index contributed by atoms with van der Waals surface area (Å²) in [6, 6.07) is 0. The van der Waals surface area contributed by atoms with Crippen molar-refractivity contribution in [2.45, 2.75) is 19.4 Å². The molecule has 7 nitrogen and oxygen atoms in total. The van der Waals surface area contributed by atoms with Gasteiger partial charge >= 0.3 is 0 Å². The fourth-order valence-electron chi connectivity index (χ4n) is 2.89. The van der Waals surface area contributed by atoms with Crippen LogP contribution in [0.2, 0.25) is 0 Å². The van der Waals surface area contributed by atoms with Crippen LogP contribution in [0.3, 0.4) is 0 Å². The maximum atomic E-state index is 13.2. The Morgan fingerprint density at radius 1 is 1.17 bits per heavy atom. The minimum atomic E-state index is -1.35. The highest BCUT2D eigenvalue weighted by atomic mass is 32.1. The summed E-state index contributed by atoms with van der Waals surface area (Å²) >= 11 is 5.40. The van der Waals surface area contributed by atoms with E-state index in [0.29, 0.717) is 29.7 Å². The molecule has 2 heterocycles. The van der Waals surface area contributed by atoms with Crippen LogP contribution in [0.5, 0.6) is 0 Å². The second-order valence-corrected chi connectivity index (χ2v) is 6.29. The molecule has 0 aromatic rings. The van der Waals surface area contributed by atoms with Gasteiger partial charge in [-0.2, -0.15) is 0 Å². The lowest BCUT2D eigenvalue weighted by molar-refractivity contribution is -0.130. The third kappa shape index (κ3) is 2.32. The third-order valence-corrected chi connectivity index (χ3v) is 4.56. The first kappa shape index (κ1) is 17.4. The van der Waals surface area contributed by atoms with Crippen molar-refractivity contribution in [2.24, 2.45) is 4.99 Å². The zero-order valence-electron chi connectivity index (χ0n) is 14.5. The largest absolute Gasteiger partial charge is 0.378 e. The third-order valence-electron chi connectivity index (χ3n) is 4.12. The predicted molar refractivity (Wildman–Crippen MR) is 95.7 cm³/mol.